The Morgan fingerprint density at radius 3 is 2.38 bits per heavy atom. The Morgan fingerprint density at radius 2 is 1.88 bits per heavy atom. The van der Waals surface area contributed by atoms with Crippen molar-refractivity contribution in [2.24, 2.45) is 23.7 Å². The minimum Gasteiger partial charge on any atom is -0.385 e. The van der Waals surface area contributed by atoms with Crippen molar-refractivity contribution < 1.29 is 4.74 Å². The number of hydrogen-bond donors (Lipinski definition) is 1. The number of rotatable bonds is 6. The molecule has 0 aromatic heterocycles. The predicted octanol–water partition coefficient (Wildman–Crippen LogP) is 2.68. The van der Waals surface area contributed by atoms with E-state index < -0.39 is 0 Å². The Kier molecular flexibility index (Phi) is 4.26. The molecule has 2 nitrogen and oxygen atoms in total. The van der Waals surface area contributed by atoms with Crippen molar-refractivity contribution in [1.82, 2.24) is 5.32 Å². The topological polar surface area (TPSA) is 21.3 Å². The van der Waals surface area contributed by atoms with Crippen molar-refractivity contribution in [3.05, 3.63) is 0 Å². The van der Waals surface area contributed by atoms with Crippen molar-refractivity contribution in [2.75, 3.05) is 20.8 Å². The first-order valence-electron chi connectivity index (χ1n) is 6.95. The van der Waals surface area contributed by atoms with Crippen LogP contribution in [-0.2, 0) is 4.74 Å². The van der Waals surface area contributed by atoms with E-state index in [9.17, 15) is 0 Å². The highest BCUT2D eigenvalue weighted by molar-refractivity contribution is 5.05. The summed E-state index contributed by atoms with van der Waals surface area (Å²) in [6, 6.07) is 0.725. The third kappa shape index (κ3) is 2.43. The molecule has 0 radical (unpaired) electrons. The third-order valence-electron chi connectivity index (χ3n) is 4.86. The molecule has 0 amide bonds. The third-order valence-corrected chi connectivity index (χ3v) is 4.86. The fourth-order valence-electron chi connectivity index (χ4n) is 3.92. The first-order chi connectivity index (χ1) is 7.79. The Balaban J connectivity index is 1.85. The van der Waals surface area contributed by atoms with Crippen molar-refractivity contribution in [2.45, 2.75) is 45.1 Å². The molecule has 0 aliphatic heterocycles. The summed E-state index contributed by atoms with van der Waals surface area (Å²) in [7, 11) is 3.94. The van der Waals surface area contributed by atoms with E-state index in [1.807, 2.05) is 0 Å². The van der Waals surface area contributed by atoms with Crippen LogP contribution in [-0.4, -0.2) is 26.8 Å². The van der Waals surface area contributed by atoms with E-state index in [0.29, 0.717) is 0 Å². The van der Waals surface area contributed by atoms with Gasteiger partial charge in [-0.05, 0) is 50.0 Å². The molecule has 2 fully saturated rings. The lowest BCUT2D eigenvalue weighted by Gasteiger charge is -2.24. The lowest BCUT2D eigenvalue weighted by molar-refractivity contribution is 0.166. The quantitative estimate of drug-likeness (QED) is 0.750. The first-order valence-corrected chi connectivity index (χ1v) is 6.95. The molecule has 0 aromatic rings. The van der Waals surface area contributed by atoms with Crippen LogP contribution < -0.4 is 5.32 Å². The summed E-state index contributed by atoms with van der Waals surface area (Å²) in [4.78, 5) is 0. The van der Waals surface area contributed by atoms with E-state index in [2.05, 4.69) is 19.3 Å². The molecule has 94 valence electrons. The number of ether oxygens (including phenoxy) is 1. The summed E-state index contributed by atoms with van der Waals surface area (Å²) in [5.74, 6) is 3.83. The Labute approximate surface area is 100 Å². The fourth-order valence-corrected chi connectivity index (χ4v) is 3.92. The molecule has 0 heterocycles. The van der Waals surface area contributed by atoms with Crippen LogP contribution in [0.4, 0.5) is 0 Å². The molecular weight excluding hydrogens is 198 g/mol. The van der Waals surface area contributed by atoms with Gasteiger partial charge in [0, 0.05) is 19.8 Å². The van der Waals surface area contributed by atoms with Crippen LogP contribution in [0, 0.1) is 23.7 Å². The highest BCUT2D eigenvalue weighted by atomic mass is 16.5. The van der Waals surface area contributed by atoms with Crippen LogP contribution >= 0.6 is 0 Å². The van der Waals surface area contributed by atoms with Gasteiger partial charge in [-0.2, -0.15) is 0 Å². The van der Waals surface area contributed by atoms with Gasteiger partial charge in [0.25, 0.3) is 0 Å². The van der Waals surface area contributed by atoms with Gasteiger partial charge in [-0.3, -0.25) is 0 Å². The minimum absolute atomic E-state index is 0.725. The Morgan fingerprint density at radius 1 is 1.25 bits per heavy atom. The van der Waals surface area contributed by atoms with Gasteiger partial charge in [0.05, 0.1) is 0 Å². The number of hydrogen-bond acceptors (Lipinski definition) is 2. The number of nitrogens with one attached hydrogen (secondary N) is 1. The molecule has 2 rings (SSSR count). The maximum atomic E-state index is 5.20. The van der Waals surface area contributed by atoms with Crippen LogP contribution in [0.15, 0.2) is 0 Å². The van der Waals surface area contributed by atoms with Gasteiger partial charge < -0.3 is 10.1 Å². The summed E-state index contributed by atoms with van der Waals surface area (Å²) in [6.07, 6.45) is 7.12. The first kappa shape index (κ1) is 12.4. The zero-order valence-corrected chi connectivity index (χ0v) is 11.0. The molecule has 2 aliphatic rings. The summed E-state index contributed by atoms with van der Waals surface area (Å²) in [6.45, 7) is 3.28. The maximum absolute atomic E-state index is 5.20. The summed E-state index contributed by atoms with van der Waals surface area (Å²) in [5.41, 5.74) is 0. The van der Waals surface area contributed by atoms with Gasteiger partial charge in [-0.25, -0.2) is 0 Å². The molecule has 0 spiro atoms. The molecule has 0 saturated heterocycles. The average Bonchev–Trinajstić information content (AvgIpc) is 3.02. The molecule has 0 aromatic carbocycles. The van der Waals surface area contributed by atoms with E-state index in [1.54, 1.807) is 7.11 Å². The Bertz CT molecular complexity index is 207. The molecule has 16 heavy (non-hydrogen) atoms. The second kappa shape index (κ2) is 5.50. The van der Waals surface area contributed by atoms with Crippen LogP contribution in [0.1, 0.15) is 39.0 Å². The Hall–Kier alpha value is -0.0800. The van der Waals surface area contributed by atoms with Crippen LogP contribution in [0.25, 0.3) is 0 Å². The van der Waals surface area contributed by atoms with Gasteiger partial charge in [-0.15, -0.1) is 0 Å². The van der Waals surface area contributed by atoms with Crippen LogP contribution in [0.3, 0.4) is 0 Å². The lowest BCUT2D eigenvalue weighted by Crippen LogP contribution is -2.35. The molecule has 1 N–H and O–H groups in total. The molecule has 2 heteroatoms. The standard InChI is InChI=1S/C14H27NO/c1-10(8-9-16-3)14(15-2)13-11-6-4-5-7-12(11)13/h10-15H,4-9H2,1-3H3. The maximum Gasteiger partial charge on any atom is 0.0465 e. The molecule has 4 atom stereocenters. The van der Waals surface area contributed by atoms with Gasteiger partial charge in [-0.1, -0.05) is 19.8 Å². The van der Waals surface area contributed by atoms with E-state index in [1.165, 1.54) is 32.1 Å². The molecule has 4 unspecified atom stereocenters. The van der Waals surface area contributed by atoms with Gasteiger partial charge >= 0.3 is 0 Å². The predicted molar refractivity (Wildman–Crippen MR) is 67.4 cm³/mol. The summed E-state index contributed by atoms with van der Waals surface area (Å²) >= 11 is 0. The normalized spacial score (nSPS) is 36.6. The minimum atomic E-state index is 0.725. The van der Waals surface area contributed by atoms with E-state index >= 15 is 0 Å². The fraction of sp³-hybridized carbons (Fsp3) is 1.00. The number of fused-ring (bicyclic) bond motifs is 1. The molecular formula is C14H27NO. The summed E-state index contributed by atoms with van der Waals surface area (Å²) < 4.78 is 5.20. The van der Waals surface area contributed by atoms with Crippen LogP contribution in [0.5, 0.6) is 0 Å². The van der Waals surface area contributed by atoms with Crippen molar-refractivity contribution in [3.63, 3.8) is 0 Å². The van der Waals surface area contributed by atoms with E-state index in [0.717, 1.165) is 36.3 Å². The zero-order valence-electron chi connectivity index (χ0n) is 11.0. The lowest BCUT2D eigenvalue weighted by atomic mass is 9.93. The largest absolute Gasteiger partial charge is 0.385 e. The van der Waals surface area contributed by atoms with Crippen molar-refractivity contribution in [1.29, 1.82) is 0 Å². The SMILES string of the molecule is CNC(C(C)CCOC)C1C2CCCCC21. The summed E-state index contributed by atoms with van der Waals surface area (Å²) in [5, 5.41) is 3.57. The molecule has 2 saturated carbocycles. The van der Waals surface area contributed by atoms with Crippen molar-refractivity contribution in [3.8, 4) is 0 Å². The van der Waals surface area contributed by atoms with Gasteiger partial charge in [0.2, 0.25) is 0 Å². The highest BCUT2D eigenvalue weighted by Gasteiger charge is 2.54. The molecule has 0 bridgehead atoms. The van der Waals surface area contributed by atoms with E-state index in [4.69, 9.17) is 4.74 Å². The van der Waals surface area contributed by atoms with E-state index in [-0.39, 0.29) is 0 Å². The second-order valence-electron chi connectivity index (χ2n) is 5.76. The second-order valence-corrected chi connectivity index (χ2v) is 5.76. The van der Waals surface area contributed by atoms with Crippen LogP contribution in [0.2, 0.25) is 0 Å². The average molecular weight is 225 g/mol. The smallest absolute Gasteiger partial charge is 0.0465 e. The van der Waals surface area contributed by atoms with Gasteiger partial charge in [0.1, 0.15) is 0 Å². The monoisotopic (exact) mass is 225 g/mol. The number of methoxy groups -OCH3 is 1. The van der Waals surface area contributed by atoms with Gasteiger partial charge in [0.15, 0.2) is 0 Å². The zero-order chi connectivity index (χ0) is 11.5. The highest BCUT2D eigenvalue weighted by Crippen LogP contribution is 2.58. The molecule has 2 aliphatic carbocycles. The van der Waals surface area contributed by atoms with Crippen molar-refractivity contribution >= 4 is 0 Å².